The highest BCUT2D eigenvalue weighted by Gasteiger charge is 2.45. The van der Waals surface area contributed by atoms with Gasteiger partial charge in [-0.1, -0.05) is 43.2 Å². The number of carboxylic acids is 1. The topological polar surface area (TPSA) is 57.6 Å². The van der Waals surface area contributed by atoms with Crippen molar-refractivity contribution in [1.29, 1.82) is 0 Å². The molecule has 0 spiro atoms. The predicted octanol–water partition coefficient (Wildman–Crippen LogP) is 2.64. The van der Waals surface area contributed by atoms with Crippen LogP contribution in [0.25, 0.3) is 0 Å². The molecule has 0 bridgehead atoms. The Hall–Kier alpha value is -1.84. The minimum Gasteiger partial charge on any atom is -0.481 e. The molecule has 0 aliphatic carbocycles. The second-order valence-corrected chi connectivity index (χ2v) is 6.06. The van der Waals surface area contributed by atoms with E-state index >= 15 is 0 Å². The van der Waals surface area contributed by atoms with Crippen molar-refractivity contribution in [3.8, 4) is 0 Å². The van der Waals surface area contributed by atoms with Crippen molar-refractivity contribution in [2.75, 3.05) is 13.1 Å². The summed E-state index contributed by atoms with van der Waals surface area (Å²) in [6, 6.07) is 7.90. The van der Waals surface area contributed by atoms with Gasteiger partial charge in [0.2, 0.25) is 5.91 Å². The molecule has 2 rings (SSSR count). The first-order valence-electron chi connectivity index (χ1n) is 7.53. The van der Waals surface area contributed by atoms with Crippen LogP contribution in [-0.2, 0) is 16.0 Å². The van der Waals surface area contributed by atoms with Gasteiger partial charge >= 0.3 is 5.97 Å². The first-order chi connectivity index (χ1) is 9.97. The van der Waals surface area contributed by atoms with E-state index in [4.69, 9.17) is 0 Å². The maximum absolute atomic E-state index is 12.3. The van der Waals surface area contributed by atoms with E-state index in [1.807, 2.05) is 38.1 Å². The molecule has 21 heavy (non-hydrogen) atoms. The second-order valence-electron chi connectivity index (χ2n) is 6.06. The van der Waals surface area contributed by atoms with Gasteiger partial charge in [0.05, 0.1) is 11.8 Å². The van der Waals surface area contributed by atoms with Crippen LogP contribution in [0.3, 0.4) is 0 Å². The molecule has 1 aliphatic rings. The van der Waals surface area contributed by atoms with Gasteiger partial charge in [0.1, 0.15) is 0 Å². The lowest BCUT2D eigenvalue weighted by Gasteiger charge is -2.24. The van der Waals surface area contributed by atoms with Crippen molar-refractivity contribution >= 4 is 11.9 Å². The third-order valence-electron chi connectivity index (χ3n) is 4.36. The van der Waals surface area contributed by atoms with Gasteiger partial charge in [-0.3, -0.25) is 9.59 Å². The highest BCUT2D eigenvalue weighted by Crippen LogP contribution is 2.35. The molecule has 0 aromatic heterocycles. The summed E-state index contributed by atoms with van der Waals surface area (Å²) < 4.78 is 0. The van der Waals surface area contributed by atoms with Crippen molar-refractivity contribution in [2.24, 2.45) is 5.41 Å². The van der Waals surface area contributed by atoms with Crippen molar-refractivity contribution in [2.45, 2.75) is 39.5 Å². The number of hydrogen-bond acceptors (Lipinski definition) is 2. The Labute approximate surface area is 125 Å². The maximum Gasteiger partial charge on any atom is 0.311 e. The molecular formula is C17H23NO3. The lowest BCUT2D eigenvalue weighted by Crippen LogP contribution is -2.37. The Bertz CT molecular complexity index is 523. The average molecular weight is 289 g/mol. The molecule has 1 N–H and O–H groups in total. The van der Waals surface area contributed by atoms with Crippen molar-refractivity contribution in [1.82, 2.24) is 4.90 Å². The first kappa shape index (κ1) is 15.5. The average Bonchev–Trinajstić information content (AvgIpc) is 2.88. The molecule has 0 radical (unpaired) electrons. The number of rotatable bonds is 5. The summed E-state index contributed by atoms with van der Waals surface area (Å²) in [5.74, 6) is -0.743. The van der Waals surface area contributed by atoms with E-state index in [9.17, 15) is 14.7 Å². The Morgan fingerprint density at radius 2 is 1.95 bits per heavy atom. The fraction of sp³-hybridized carbons (Fsp3) is 0.529. The van der Waals surface area contributed by atoms with Crippen molar-refractivity contribution in [3.05, 3.63) is 35.4 Å². The third kappa shape index (κ3) is 3.43. The summed E-state index contributed by atoms with van der Waals surface area (Å²) in [5, 5.41) is 9.48. The van der Waals surface area contributed by atoms with Crippen LogP contribution in [0.5, 0.6) is 0 Å². The van der Waals surface area contributed by atoms with Crippen LogP contribution in [0.2, 0.25) is 0 Å². The predicted molar refractivity (Wildman–Crippen MR) is 81.1 cm³/mol. The Kier molecular flexibility index (Phi) is 4.66. The maximum atomic E-state index is 12.3. The minimum atomic E-state index is -0.769. The molecule has 0 saturated carbocycles. The van der Waals surface area contributed by atoms with Crippen molar-refractivity contribution < 1.29 is 14.7 Å². The van der Waals surface area contributed by atoms with E-state index in [1.54, 1.807) is 4.90 Å². The minimum absolute atomic E-state index is 0.0260. The molecule has 1 aliphatic heterocycles. The monoisotopic (exact) mass is 289 g/mol. The first-order valence-corrected chi connectivity index (χ1v) is 7.53. The highest BCUT2D eigenvalue weighted by atomic mass is 16.4. The molecule has 1 aromatic carbocycles. The Morgan fingerprint density at radius 3 is 2.52 bits per heavy atom. The highest BCUT2D eigenvalue weighted by molar-refractivity contribution is 5.82. The Balaban J connectivity index is 2.01. The number of carboxylic acid groups (broad SMARTS) is 1. The van der Waals surface area contributed by atoms with Gasteiger partial charge in [-0.2, -0.15) is 0 Å². The quantitative estimate of drug-likeness (QED) is 0.906. The van der Waals surface area contributed by atoms with Gasteiger partial charge in [-0.05, 0) is 25.3 Å². The zero-order valence-electron chi connectivity index (χ0n) is 12.8. The van der Waals surface area contributed by atoms with Gasteiger partial charge in [0.15, 0.2) is 0 Å². The van der Waals surface area contributed by atoms with Gasteiger partial charge < -0.3 is 10.0 Å². The molecular weight excluding hydrogens is 266 g/mol. The lowest BCUT2D eigenvalue weighted by molar-refractivity contribution is -0.149. The molecule has 1 amide bonds. The molecule has 1 heterocycles. The number of aliphatic carboxylic acids is 1. The summed E-state index contributed by atoms with van der Waals surface area (Å²) in [7, 11) is 0. The molecule has 1 fully saturated rings. The van der Waals surface area contributed by atoms with Gasteiger partial charge in [0, 0.05) is 13.1 Å². The van der Waals surface area contributed by atoms with Gasteiger partial charge in [0.25, 0.3) is 0 Å². The SMILES string of the molecule is CCCC1(C(=O)O)CCN(C(=O)Cc2ccc(C)cc2)C1. The van der Waals surface area contributed by atoms with Crippen LogP contribution in [-0.4, -0.2) is 35.0 Å². The van der Waals surface area contributed by atoms with E-state index in [-0.39, 0.29) is 5.91 Å². The zero-order valence-corrected chi connectivity index (χ0v) is 12.8. The molecule has 114 valence electrons. The zero-order chi connectivity index (χ0) is 15.5. The van der Waals surface area contributed by atoms with Gasteiger partial charge in [-0.25, -0.2) is 0 Å². The molecule has 4 nitrogen and oxygen atoms in total. The normalized spacial score (nSPS) is 21.5. The molecule has 1 saturated heterocycles. The van der Waals surface area contributed by atoms with Crippen LogP contribution in [0, 0.1) is 12.3 Å². The number of nitrogens with zero attached hydrogens (tertiary/aromatic N) is 1. The van der Waals surface area contributed by atoms with Crippen LogP contribution in [0.4, 0.5) is 0 Å². The van der Waals surface area contributed by atoms with Gasteiger partial charge in [-0.15, -0.1) is 0 Å². The lowest BCUT2D eigenvalue weighted by atomic mass is 9.83. The third-order valence-corrected chi connectivity index (χ3v) is 4.36. The number of hydrogen-bond donors (Lipinski definition) is 1. The van der Waals surface area contributed by atoms with Crippen LogP contribution in [0.15, 0.2) is 24.3 Å². The van der Waals surface area contributed by atoms with E-state index in [2.05, 4.69) is 0 Å². The standard InChI is InChI=1S/C17H23NO3/c1-3-8-17(16(20)21)9-10-18(12-17)15(19)11-14-6-4-13(2)5-7-14/h4-7H,3,8-12H2,1-2H3,(H,20,21). The number of benzene rings is 1. The van der Waals surface area contributed by atoms with E-state index in [1.165, 1.54) is 5.56 Å². The fourth-order valence-electron chi connectivity index (χ4n) is 3.04. The van der Waals surface area contributed by atoms with E-state index < -0.39 is 11.4 Å². The number of amides is 1. The molecule has 1 atom stereocenters. The number of likely N-dealkylation sites (tertiary alicyclic amines) is 1. The molecule has 1 unspecified atom stereocenters. The fourth-order valence-corrected chi connectivity index (χ4v) is 3.04. The molecule has 4 heteroatoms. The van der Waals surface area contributed by atoms with Crippen LogP contribution in [0.1, 0.15) is 37.3 Å². The smallest absolute Gasteiger partial charge is 0.311 e. The van der Waals surface area contributed by atoms with Crippen LogP contribution < -0.4 is 0 Å². The Morgan fingerprint density at radius 1 is 1.29 bits per heavy atom. The summed E-state index contributed by atoms with van der Waals surface area (Å²) >= 11 is 0. The number of carbonyl (C=O) groups excluding carboxylic acids is 1. The van der Waals surface area contributed by atoms with Crippen molar-refractivity contribution in [3.63, 3.8) is 0 Å². The summed E-state index contributed by atoms with van der Waals surface area (Å²) in [5.41, 5.74) is 1.41. The largest absolute Gasteiger partial charge is 0.481 e. The second kappa shape index (κ2) is 6.29. The van der Waals surface area contributed by atoms with Crippen LogP contribution >= 0.6 is 0 Å². The van der Waals surface area contributed by atoms with E-state index in [0.29, 0.717) is 32.4 Å². The number of aryl methyl sites for hydroxylation is 1. The number of carbonyl (C=O) groups is 2. The summed E-state index contributed by atoms with van der Waals surface area (Å²) in [6.45, 7) is 4.90. The summed E-state index contributed by atoms with van der Waals surface area (Å²) in [6.07, 6.45) is 2.38. The molecule has 1 aromatic rings. The van der Waals surface area contributed by atoms with E-state index in [0.717, 1.165) is 12.0 Å². The summed E-state index contributed by atoms with van der Waals surface area (Å²) in [4.78, 5) is 25.6.